The molecule has 0 radical (unpaired) electrons. The Labute approximate surface area is 179 Å². The first kappa shape index (κ1) is 22.7. The number of rotatable bonds is 4. The Bertz CT molecular complexity index is 976. The van der Waals surface area contributed by atoms with Crippen LogP contribution in [0.15, 0.2) is 12.1 Å². The van der Waals surface area contributed by atoms with Crippen LogP contribution in [0.3, 0.4) is 0 Å². The van der Waals surface area contributed by atoms with Crippen LogP contribution >= 0.6 is 0 Å². The summed E-state index contributed by atoms with van der Waals surface area (Å²) in [5, 5.41) is 9.59. The molecule has 0 saturated carbocycles. The van der Waals surface area contributed by atoms with Gasteiger partial charge in [-0.2, -0.15) is 5.26 Å². The minimum Gasteiger partial charge on any atom is -0.598 e. The molecule has 0 spiro atoms. The predicted octanol–water partition coefficient (Wildman–Crippen LogP) is 4.16. The number of aryl methyl sites for hydroxylation is 1. The molecule has 0 amide bonds. The Kier molecular flexibility index (Phi) is 6.23. The van der Waals surface area contributed by atoms with Crippen molar-refractivity contribution in [3.63, 3.8) is 0 Å². The van der Waals surface area contributed by atoms with Gasteiger partial charge in [0.05, 0.1) is 17.1 Å². The zero-order chi connectivity index (χ0) is 22.3. The Hall–Kier alpha value is -2.02. The number of nitriles is 1. The molecule has 30 heavy (non-hydrogen) atoms. The average Bonchev–Trinajstić information content (AvgIpc) is 2.65. The molecule has 9 heteroatoms. The molecule has 2 aromatic rings. The second kappa shape index (κ2) is 8.25. The fraction of sp³-hybridized carbons (Fsp3) is 0.571. The van der Waals surface area contributed by atoms with Crippen LogP contribution in [0.5, 0.6) is 0 Å². The number of alkyl halides is 2. The molecule has 3 rings (SSSR count). The van der Waals surface area contributed by atoms with Crippen molar-refractivity contribution in [2.75, 3.05) is 18.0 Å². The molecule has 1 aromatic carbocycles. The zero-order valence-corrected chi connectivity index (χ0v) is 18.7. The van der Waals surface area contributed by atoms with Crippen molar-refractivity contribution in [1.82, 2.24) is 14.7 Å². The molecule has 6 nitrogen and oxygen atoms in total. The summed E-state index contributed by atoms with van der Waals surface area (Å²) in [5.41, 5.74) is 3.02. The van der Waals surface area contributed by atoms with Crippen LogP contribution in [0.2, 0.25) is 0 Å². The fourth-order valence-electron chi connectivity index (χ4n) is 3.40. The van der Waals surface area contributed by atoms with Gasteiger partial charge in [0.1, 0.15) is 10.8 Å². The lowest BCUT2D eigenvalue weighted by molar-refractivity contribution is -0.0221. The summed E-state index contributed by atoms with van der Waals surface area (Å²) < 4.78 is 42.5. The van der Waals surface area contributed by atoms with Gasteiger partial charge in [0.2, 0.25) is 0 Å². The molecule has 1 fully saturated rings. The Morgan fingerprint density at radius 1 is 1.27 bits per heavy atom. The third kappa shape index (κ3) is 4.82. The highest BCUT2D eigenvalue weighted by Crippen LogP contribution is 2.33. The number of aromatic nitrogens is 2. The Morgan fingerprint density at radius 3 is 2.47 bits per heavy atom. The van der Waals surface area contributed by atoms with Crippen LogP contribution in [0, 0.1) is 18.3 Å². The van der Waals surface area contributed by atoms with E-state index in [1.54, 1.807) is 4.90 Å². The third-order valence-electron chi connectivity index (χ3n) is 5.13. The summed E-state index contributed by atoms with van der Waals surface area (Å²) in [7, 11) is 0. The van der Waals surface area contributed by atoms with Gasteiger partial charge >= 0.3 is 0 Å². The zero-order valence-electron chi connectivity index (χ0n) is 17.9. The largest absolute Gasteiger partial charge is 0.598 e. The molecule has 0 bridgehead atoms. The maximum atomic E-state index is 13.6. The molecule has 1 saturated heterocycles. The minimum atomic E-state index is -2.69. The van der Waals surface area contributed by atoms with Gasteiger partial charge in [-0.1, -0.05) is 6.07 Å². The average molecular weight is 436 g/mol. The number of hydrogen-bond acceptors (Lipinski definition) is 6. The minimum absolute atomic E-state index is 0.116. The van der Waals surface area contributed by atoms with Crippen LogP contribution in [0.1, 0.15) is 63.4 Å². The molecule has 1 aliphatic heterocycles. The summed E-state index contributed by atoms with van der Waals surface area (Å²) in [6.07, 6.45) is -0.554. The summed E-state index contributed by atoms with van der Waals surface area (Å²) in [4.78, 5) is 10.9. The summed E-state index contributed by atoms with van der Waals surface area (Å²) >= 11 is -1.29. The number of nitrogens with one attached hydrogen (secondary N) is 1. The first-order valence-corrected chi connectivity index (χ1v) is 11.1. The van der Waals surface area contributed by atoms with E-state index in [4.69, 9.17) is 4.98 Å². The van der Waals surface area contributed by atoms with Crippen molar-refractivity contribution in [3.8, 4) is 6.07 Å². The monoisotopic (exact) mass is 435 g/mol. The SMILES string of the molecule is Cc1cc([C@@H](C)N[S+]([O-])C(C)(C)C)c2nc(N3CCC(F)(F)CC3)c(C#N)nc2c1. The van der Waals surface area contributed by atoms with Crippen LogP contribution in [-0.4, -0.2) is 38.3 Å². The highest BCUT2D eigenvalue weighted by Gasteiger charge is 2.35. The van der Waals surface area contributed by atoms with Crippen molar-refractivity contribution in [3.05, 3.63) is 29.0 Å². The highest BCUT2D eigenvalue weighted by atomic mass is 32.2. The van der Waals surface area contributed by atoms with Crippen LogP contribution in [0.4, 0.5) is 14.6 Å². The molecular weight excluding hydrogens is 408 g/mol. The first-order valence-electron chi connectivity index (χ1n) is 9.94. The standard InChI is InChI=1S/C21H27F2N5OS/c1-13-10-15(14(2)27-30(29)20(3,4)5)18-16(11-13)25-17(12-24)19(26-18)28-8-6-21(22,23)7-9-28/h10-11,14,27H,6-9H2,1-5H3/t14-,30?/m1/s1. The van der Waals surface area contributed by atoms with Crippen LogP contribution in [0.25, 0.3) is 11.0 Å². The van der Waals surface area contributed by atoms with Crippen molar-refractivity contribution >= 4 is 28.2 Å². The van der Waals surface area contributed by atoms with Crippen LogP contribution in [-0.2, 0) is 11.4 Å². The maximum absolute atomic E-state index is 13.6. The normalized spacial score (nSPS) is 18.8. The molecule has 1 aliphatic rings. The van der Waals surface area contributed by atoms with Crippen molar-refractivity contribution in [2.45, 2.75) is 64.2 Å². The number of benzene rings is 1. The van der Waals surface area contributed by atoms with E-state index in [2.05, 4.69) is 15.8 Å². The van der Waals surface area contributed by atoms with Gasteiger partial charge in [-0.05, 0) is 46.2 Å². The molecular formula is C21H27F2N5OS. The van der Waals surface area contributed by atoms with E-state index >= 15 is 0 Å². The second-order valence-corrected chi connectivity index (χ2v) is 10.8. The maximum Gasteiger partial charge on any atom is 0.251 e. The smallest absolute Gasteiger partial charge is 0.251 e. The number of fused-ring (bicyclic) bond motifs is 1. The molecule has 1 unspecified atom stereocenters. The van der Waals surface area contributed by atoms with Gasteiger partial charge in [0.25, 0.3) is 5.92 Å². The summed E-state index contributed by atoms with van der Waals surface area (Å²) in [5.74, 6) is -2.36. The van der Waals surface area contributed by atoms with E-state index < -0.39 is 22.0 Å². The van der Waals surface area contributed by atoms with Crippen molar-refractivity contribution in [1.29, 1.82) is 5.26 Å². The van der Waals surface area contributed by atoms with E-state index in [9.17, 15) is 18.6 Å². The number of nitrogens with zero attached hydrogens (tertiary/aromatic N) is 4. The highest BCUT2D eigenvalue weighted by molar-refractivity contribution is 7.90. The van der Waals surface area contributed by atoms with Gasteiger partial charge in [0, 0.05) is 42.9 Å². The number of halogens is 2. The lowest BCUT2D eigenvalue weighted by Gasteiger charge is -2.33. The lowest BCUT2D eigenvalue weighted by atomic mass is 10.0. The summed E-state index contributed by atoms with van der Waals surface area (Å²) in [6, 6.07) is 5.57. The van der Waals surface area contributed by atoms with Gasteiger partial charge in [-0.3, -0.25) is 0 Å². The topological polar surface area (TPSA) is 87.9 Å². The number of hydrogen-bond donors (Lipinski definition) is 1. The van der Waals surface area contributed by atoms with E-state index in [0.717, 1.165) is 11.1 Å². The second-order valence-electron chi connectivity index (χ2n) is 8.79. The Morgan fingerprint density at radius 2 is 1.90 bits per heavy atom. The van der Waals surface area contributed by atoms with Crippen molar-refractivity contribution in [2.24, 2.45) is 0 Å². The number of piperidine rings is 1. The quantitative estimate of drug-likeness (QED) is 0.726. The van der Waals surface area contributed by atoms with Gasteiger partial charge < -0.3 is 9.45 Å². The number of anilines is 1. The van der Waals surface area contributed by atoms with E-state index in [0.29, 0.717) is 16.9 Å². The van der Waals surface area contributed by atoms with Crippen molar-refractivity contribution < 1.29 is 13.3 Å². The molecule has 162 valence electrons. The molecule has 0 aliphatic carbocycles. The van der Waals surface area contributed by atoms with Gasteiger partial charge in [-0.25, -0.2) is 18.7 Å². The van der Waals surface area contributed by atoms with E-state index in [1.165, 1.54) is 0 Å². The van der Waals surface area contributed by atoms with Crippen LogP contribution < -0.4 is 9.62 Å². The van der Waals surface area contributed by atoms with E-state index in [-0.39, 0.29) is 37.7 Å². The van der Waals surface area contributed by atoms with Gasteiger partial charge in [0.15, 0.2) is 11.5 Å². The molecule has 1 aromatic heterocycles. The first-order chi connectivity index (χ1) is 13.9. The fourth-order valence-corrected chi connectivity index (χ4v) is 4.20. The van der Waals surface area contributed by atoms with E-state index in [1.807, 2.05) is 46.8 Å². The lowest BCUT2D eigenvalue weighted by Crippen LogP contribution is -2.41. The summed E-state index contributed by atoms with van der Waals surface area (Å²) in [6.45, 7) is 9.72. The predicted molar refractivity (Wildman–Crippen MR) is 115 cm³/mol. The Balaban J connectivity index is 2.05. The molecule has 1 N–H and O–H groups in total. The molecule has 2 heterocycles. The molecule has 2 atom stereocenters. The third-order valence-corrected chi connectivity index (χ3v) is 6.81. The van der Waals surface area contributed by atoms with Gasteiger partial charge in [-0.15, -0.1) is 4.72 Å².